The van der Waals surface area contributed by atoms with Gasteiger partial charge in [-0.05, 0) is 85.0 Å². The van der Waals surface area contributed by atoms with Crippen LogP contribution in [0.15, 0.2) is 91.3 Å². The number of hydrogen-bond donors (Lipinski definition) is 3. The predicted molar refractivity (Wildman–Crippen MR) is 145 cm³/mol. The lowest BCUT2D eigenvalue weighted by Crippen LogP contribution is -2.33. The maximum atomic E-state index is 13.2. The molecule has 3 N–H and O–H groups in total. The van der Waals surface area contributed by atoms with Gasteiger partial charge in [0.2, 0.25) is 5.91 Å². The molecular weight excluding hydrogens is 505 g/mol. The van der Waals surface area contributed by atoms with Crippen LogP contribution in [-0.2, 0) is 4.79 Å². The van der Waals surface area contributed by atoms with Gasteiger partial charge in [-0.15, -0.1) is 0 Å². The number of rotatable bonds is 8. The minimum atomic E-state index is -0.991. The number of amides is 1. The van der Waals surface area contributed by atoms with Gasteiger partial charge < -0.3 is 25.2 Å². The highest BCUT2D eigenvalue weighted by Gasteiger charge is 2.41. The maximum Gasteiger partial charge on any atom is 0.335 e. The first-order chi connectivity index (χ1) is 18.4. The lowest BCUT2D eigenvalue weighted by atomic mass is 10.0. The van der Waals surface area contributed by atoms with Crippen molar-refractivity contribution < 1.29 is 19.1 Å². The zero-order valence-electron chi connectivity index (χ0n) is 20.1. The van der Waals surface area contributed by atoms with Crippen LogP contribution in [0.1, 0.15) is 40.3 Å². The van der Waals surface area contributed by atoms with Crippen LogP contribution in [0.3, 0.4) is 0 Å². The fourth-order valence-corrected chi connectivity index (χ4v) is 4.91. The summed E-state index contributed by atoms with van der Waals surface area (Å²) in [6.45, 7) is 0.329. The first kappa shape index (κ1) is 25.1. The van der Waals surface area contributed by atoms with Crippen LogP contribution < -0.4 is 10.6 Å². The Morgan fingerprint density at radius 2 is 1.79 bits per heavy atom. The van der Waals surface area contributed by atoms with Gasteiger partial charge in [0.05, 0.1) is 23.3 Å². The highest BCUT2D eigenvalue weighted by molar-refractivity contribution is 7.80. The molecule has 0 saturated carbocycles. The number of aromatic carboxylic acids is 1. The van der Waals surface area contributed by atoms with E-state index >= 15 is 0 Å². The molecule has 0 spiro atoms. The molecule has 2 atom stereocenters. The van der Waals surface area contributed by atoms with Gasteiger partial charge in [0.25, 0.3) is 0 Å². The van der Waals surface area contributed by atoms with Crippen LogP contribution in [0.25, 0.3) is 5.69 Å². The van der Waals surface area contributed by atoms with Crippen molar-refractivity contribution in [2.45, 2.75) is 18.5 Å². The zero-order chi connectivity index (χ0) is 26.6. The SMILES string of the molecule is O=C(CCN1C(=S)N[C@H](c2ccccn2)[C@@H]1c1cccn1-c1ccc(C(=O)O)cc1)Nc1ccc(F)cc1. The van der Waals surface area contributed by atoms with Crippen LogP contribution in [0.2, 0.25) is 0 Å². The molecular formula is C28H24FN5O3S. The summed E-state index contributed by atoms with van der Waals surface area (Å²) in [4.78, 5) is 30.6. The van der Waals surface area contributed by atoms with E-state index < -0.39 is 5.97 Å². The van der Waals surface area contributed by atoms with Gasteiger partial charge in [-0.2, -0.15) is 0 Å². The second kappa shape index (κ2) is 10.8. The smallest absolute Gasteiger partial charge is 0.335 e. The van der Waals surface area contributed by atoms with Crippen LogP contribution in [0.4, 0.5) is 10.1 Å². The summed E-state index contributed by atoms with van der Waals surface area (Å²) < 4.78 is 15.2. The largest absolute Gasteiger partial charge is 0.478 e. The summed E-state index contributed by atoms with van der Waals surface area (Å²) in [5.74, 6) is -1.59. The van der Waals surface area contributed by atoms with Gasteiger partial charge in [-0.25, -0.2) is 9.18 Å². The third-order valence-corrected chi connectivity index (χ3v) is 6.73. The lowest BCUT2D eigenvalue weighted by Gasteiger charge is -2.29. The van der Waals surface area contributed by atoms with E-state index in [0.29, 0.717) is 17.3 Å². The molecule has 0 unspecified atom stereocenters. The van der Waals surface area contributed by atoms with Crippen LogP contribution in [0, 0.1) is 5.82 Å². The molecule has 5 rings (SSSR count). The van der Waals surface area contributed by atoms with Crippen molar-refractivity contribution in [1.82, 2.24) is 19.8 Å². The molecule has 1 aliphatic heterocycles. The number of carboxylic acids is 1. The van der Waals surface area contributed by atoms with Crippen LogP contribution in [0.5, 0.6) is 0 Å². The third-order valence-electron chi connectivity index (χ3n) is 6.38. The second-order valence-electron chi connectivity index (χ2n) is 8.78. The molecule has 1 amide bonds. The first-order valence-electron chi connectivity index (χ1n) is 11.9. The molecule has 10 heteroatoms. The molecule has 1 aliphatic rings. The fourth-order valence-electron chi connectivity index (χ4n) is 4.58. The molecule has 0 aliphatic carbocycles. The van der Waals surface area contributed by atoms with Crippen molar-refractivity contribution in [2.75, 3.05) is 11.9 Å². The van der Waals surface area contributed by atoms with Gasteiger partial charge >= 0.3 is 5.97 Å². The van der Waals surface area contributed by atoms with Crippen molar-refractivity contribution in [3.8, 4) is 5.69 Å². The number of carbonyl (C=O) groups excluding carboxylic acids is 1. The zero-order valence-corrected chi connectivity index (χ0v) is 20.9. The number of thiocarbonyl (C=S) groups is 1. The highest BCUT2D eigenvalue weighted by Crippen LogP contribution is 2.39. The Labute approximate surface area is 223 Å². The Hall–Kier alpha value is -4.57. The van der Waals surface area contributed by atoms with Gasteiger partial charge in [0.1, 0.15) is 5.82 Å². The summed E-state index contributed by atoms with van der Waals surface area (Å²) in [5, 5.41) is 15.9. The Kier molecular flexibility index (Phi) is 7.14. The Morgan fingerprint density at radius 3 is 2.47 bits per heavy atom. The van der Waals surface area contributed by atoms with Gasteiger partial charge in [0, 0.05) is 42.4 Å². The number of pyridine rings is 1. The molecule has 2 aromatic carbocycles. The molecule has 2 aromatic heterocycles. The number of carbonyl (C=O) groups is 2. The highest BCUT2D eigenvalue weighted by atomic mass is 32.1. The monoisotopic (exact) mass is 529 g/mol. The molecule has 1 fully saturated rings. The van der Waals surface area contributed by atoms with E-state index in [1.165, 1.54) is 24.3 Å². The Morgan fingerprint density at radius 1 is 1.03 bits per heavy atom. The summed E-state index contributed by atoms with van der Waals surface area (Å²) in [7, 11) is 0. The molecule has 0 radical (unpaired) electrons. The van der Waals surface area contributed by atoms with Gasteiger partial charge in [0.15, 0.2) is 5.11 Å². The maximum absolute atomic E-state index is 13.2. The minimum Gasteiger partial charge on any atom is -0.478 e. The molecule has 38 heavy (non-hydrogen) atoms. The Bertz CT molecular complexity index is 1460. The van der Waals surface area contributed by atoms with Crippen molar-refractivity contribution >= 4 is 34.9 Å². The van der Waals surface area contributed by atoms with E-state index in [1.807, 2.05) is 46.0 Å². The number of nitrogens with one attached hydrogen (secondary N) is 2. The van der Waals surface area contributed by atoms with E-state index in [0.717, 1.165) is 17.1 Å². The number of aromatic nitrogens is 2. The number of carboxylic acid groups (broad SMARTS) is 1. The fraction of sp³-hybridized carbons (Fsp3) is 0.143. The van der Waals surface area contributed by atoms with E-state index in [1.54, 1.807) is 30.5 Å². The van der Waals surface area contributed by atoms with E-state index in [4.69, 9.17) is 12.2 Å². The quantitative estimate of drug-likeness (QED) is 0.284. The average molecular weight is 530 g/mol. The van der Waals surface area contributed by atoms with Gasteiger partial charge in [-0.3, -0.25) is 9.78 Å². The van der Waals surface area contributed by atoms with Crippen molar-refractivity contribution in [3.63, 3.8) is 0 Å². The van der Waals surface area contributed by atoms with Crippen LogP contribution in [-0.4, -0.2) is 43.1 Å². The molecule has 3 heterocycles. The molecule has 8 nitrogen and oxygen atoms in total. The number of nitrogens with zero attached hydrogens (tertiary/aromatic N) is 3. The molecule has 192 valence electrons. The number of halogens is 1. The summed E-state index contributed by atoms with van der Waals surface area (Å²) in [6.07, 6.45) is 3.78. The van der Waals surface area contributed by atoms with Gasteiger partial charge in [-0.1, -0.05) is 6.07 Å². The first-order valence-corrected chi connectivity index (χ1v) is 12.4. The van der Waals surface area contributed by atoms with Crippen molar-refractivity contribution in [2.24, 2.45) is 0 Å². The van der Waals surface area contributed by atoms with Crippen LogP contribution >= 0.6 is 12.2 Å². The number of anilines is 1. The summed E-state index contributed by atoms with van der Waals surface area (Å²) in [6, 6.07) is 21.2. The number of benzene rings is 2. The molecule has 1 saturated heterocycles. The molecule has 4 aromatic rings. The minimum absolute atomic E-state index is 0.151. The topological polar surface area (TPSA) is 99.5 Å². The normalized spacial score (nSPS) is 16.8. The third kappa shape index (κ3) is 5.25. The Balaban J connectivity index is 1.43. The van der Waals surface area contributed by atoms with E-state index in [9.17, 15) is 19.1 Å². The van der Waals surface area contributed by atoms with E-state index in [-0.39, 0.29) is 35.8 Å². The average Bonchev–Trinajstić information content (AvgIpc) is 3.53. The molecule has 0 bridgehead atoms. The van der Waals surface area contributed by atoms with Crippen molar-refractivity contribution in [1.29, 1.82) is 0 Å². The second-order valence-corrected chi connectivity index (χ2v) is 9.17. The number of hydrogen-bond acceptors (Lipinski definition) is 4. The van der Waals surface area contributed by atoms with E-state index in [2.05, 4.69) is 15.6 Å². The van der Waals surface area contributed by atoms with Crippen molar-refractivity contribution in [3.05, 3.63) is 114 Å². The predicted octanol–water partition coefficient (Wildman–Crippen LogP) is 4.71. The standard InChI is InChI=1S/C28H24FN5O3S/c29-19-8-10-20(11-9-19)31-24(35)14-17-34-26(25(32-28(34)38)22-4-1-2-15-30-22)23-5-3-16-33(23)21-12-6-18(7-13-21)27(36)37/h1-13,15-16,25-26H,14,17H2,(H,31,35)(H,32,38)(H,36,37)/t25-,26+/m1/s1. The summed E-state index contributed by atoms with van der Waals surface area (Å²) in [5.41, 5.74) is 3.20. The summed E-state index contributed by atoms with van der Waals surface area (Å²) >= 11 is 5.71. The lowest BCUT2D eigenvalue weighted by molar-refractivity contribution is -0.116.